The fourth-order valence-corrected chi connectivity index (χ4v) is 2.13. The largest absolute Gasteiger partial charge is 0.508 e. The minimum absolute atomic E-state index is 0.0435. The summed E-state index contributed by atoms with van der Waals surface area (Å²) in [6, 6.07) is 8.09. The van der Waals surface area contributed by atoms with Crippen LogP contribution in [0.2, 0.25) is 0 Å². The van der Waals surface area contributed by atoms with Crippen molar-refractivity contribution < 1.29 is 15.0 Å². The maximum atomic E-state index is 11.0. The van der Waals surface area contributed by atoms with Gasteiger partial charge in [-0.25, -0.2) is 4.79 Å². The van der Waals surface area contributed by atoms with Crippen LogP contribution in [-0.2, 0) is 0 Å². The van der Waals surface area contributed by atoms with Gasteiger partial charge in [0.05, 0.1) is 5.56 Å². The SMILES string of the molecule is O=C(O)c1cc(O)cc2cccc(Br)c12. The Kier molecular flexibility index (Phi) is 2.36. The van der Waals surface area contributed by atoms with Crippen LogP contribution in [0, 0.1) is 0 Å². The molecule has 0 aliphatic heterocycles. The van der Waals surface area contributed by atoms with Crippen LogP contribution in [0.5, 0.6) is 5.75 Å². The monoisotopic (exact) mass is 266 g/mol. The molecule has 0 unspecified atom stereocenters. The van der Waals surface area contributed by atoms with Crippen LogP contribution in [0.4, 0.5) is 0 Å². The zero-order chi connectivity index (χ0) is 11.0. The number of aromatic carboxylic acids is 1. The summed E-state index contributed by atoms with van der Waals surface area (Å²) in [5, 5.41) is 19.7. The number of carbonyl (C=O) groups is 1. The Hall–Kier alpha value is -1.55. The van der Waals surface area contributed by atoms with Gasteiger partial charge in [0, 0.05) is 9.86 Å². The molecule has 0 radical (unpaired) electrons. The lowest BCUT2D eigenvalue weighted by atomic mass is 10.0. The van der Waals surface area contributed by atoms with E-state index >= 15 is 0 Å². The lowest BCUT2D eigenvalue weighted by Crippen LogP contribution is -1.97. The number of benzene rings is 2. The molecule has 0 fully saturated rings. The topological polar surface area (TPSA) is 57.5 Å². The number of fused-ring (bicyclic) bond motifs is 1. The van der Waals surface area contributed by atoms with E-state index in [0.29, 0.717) is 15.2 Å². The van der Waals surface area contributed by atoms with E-state index in [9.17, 15) is 9.90 Å². The lowest BCUT2D eigenvalue weighted by Gasteiger charge is -2.05. The summed E-state index contributed by atoms with van der Waals surface area (Å²) in [4.78, 5) is 11.0. The fourth-order valence-electron chi connectivity index (χ4n) is 1.53. The molecule has 76 valence electrons. The summed E-state index contributed by atoms with van der Waals surface area (Å²) in [6.07, 6.45) is 0. The van der Waals surface area contributed by atoms with Gasteiger partial charge in [0.25, 0.3) is 0 Å². The minimum atomic E-state index is -1.05. The predicted octanol–water partition coefficient (Wildman–Crippen LogP) is 3.01. The molecule has 0 saturated carbocycles. The predicted molar refractivity (Wildman–Crippen MR) is 60.3 cm³/mol. The Labute approximate surface area is 94.1 Å². The number of phenols is 1. The minimum Gasteiger partial charge on any atom is -0.508 e. The van der Waals surface area contributed by atoms with Crippen molar-refractivity contribution in [3.05, 3.63) is 40.4 Å². The highest BCUT2D eigenvalue weighted by atomic mass is 79.9. The molecule has 0 aliphatic rings. The molecule has 2 aromatic carbocycles. The van der Waals surface area contributed by atoms with Crippen LogP contribution in [0.15, 0.2) is 34.8 Å². The van der Waals surface area contributed by atoms with Gasteiger partial charge >= 0.3 is 5.97 Å². The first-order valence-corrected chi connectivity index (χ1v) is 5.03. The number of rotatable bonds is 1. The molecule has 3 nitrogen and oxygen atoms in total. The number of carboxylic acid groups (broad SMARTS) is 1. The van der Waals surface area contributed by atoms with Gasteiger partial charge in [0.2, 0.25) is 0 Å². The van der Waals surface area contributed by atoms with Gasteiger partial charge in [-0.2, -0.15) is 0 Å². The van der Waals surface area contributed by atoms with Gasteiger partial charge in [-0.05, 0) is 23.6 Å². The summed E-state index contributed by atoms with van der Waals surface area (Å²) >= 11 is 3.30. The number of phenolic OH excluding ortho intramolecular Hbond substituents is 1. The third-order valence-electron chi connectivity index (χ3n) is 2.14. The molecule has 0 atom stereocenters. The molecule has 0 saturated heterocycles. The van der Waals surface area contributed by atoms with Gasteiger partial charge < -0.3 is 10.2 Å². The smallest absolute Gasteiger partial charge is 0.336 e. The van der Waals surface area contributed by atoms with Crippen LogP contribution in [-0.4, -0.2) is 16.2 Å². The molecule has 2 aromatic rings. The van der Waals surface area contributed by atoms with Crippen molar-refractivity contribution in [3.8, 4) is 5.75 Å². The van der Waals surface area contributed by atoms with Crippen molar-refractivity contribution in [3.63, 3.8) is 0 Å². The van der Waals surface area contributed by atoms with Crippen LogP contribution in [0.25, 0.3) is 10.8 Å². The number of hydrogen-bond acceptors (Lipinski definition) is 2. The molecule has 2 rings (SSSR count). The van der Waals surface area contributed by atoms with E-state index in [-0.39, 0.29) is 11.3 Å². The summed E-state index contributed by atoms with van der Waals surface area (Å²) in [6.45, 7) is 0. The first kappa shape index (κ1) is 9.98. The second-order valence-electron chi connectivity index (χ2n) is 3.14. The molecule has 0 aliphatic carbocycles. The number of carboxylic acids is 1. The van der Waals surface area contributed by atoms with Gasteiger partial charge in [0.15, 0.2) is 0 Å². The van der Waals surface area contributed by atoms with E-state index in [1.807, 2.05) is 0 Å². The summed E-state index contributed by atoms with van der Waals surface area (Å²) in [7, 11) is 0. The third kappa shape index (κ3) is 1.68. The summed E-state index contributed by atoms with van der Waals surface area (Å²) < 4.78 is 0.706. The van der Waals surface area contributed by atoms with Crippen LogP contribution < -0.4 is 0 Å². The van der Waals surface area contributed by atoms with Crippen molar-refractivity contribution in [2.24, 2.45) is 0 Å². The highest BCUT2D eigenvalue weighted by Crippen LogP contribution is 2.30. The quantitative estimate of drug-likeness (QED) is 0.834. The first-order chi connectivity index (χ1) is 7.09. The summed E-state index contributed by atoms with van der Waals surface area (Å²) in [5.74, 6) is -1.10. The second-order valence-corrected chi connectivity index (χ2v) is 3.99. The molecule has 0 heterocycles. The van der Waals surface area contributed by atoms with Gasteiger partial charge in [-0.3, -0.25) is 0 Å². The Bertz CT molecular complexity index is 549. The molecule has 0 amide bonds. The van der Waals surface area contributed by atoms with Gasteiger partial charge in [0.1, 0.15) is 5.75 Å². The van der Waals surface area contributed by atoms with E-state index in [2.05, 4.69) is 15.9 Å². The third-order valence-corrected chi connectivity index (χ3v) is 2.80. The Morgan fingerprint density at radius 1 is 1.27 bits per heavy atom. The molecular weight excluding hydrogens is 260 g/mol. The van der Waals surface area contributed by atoms with E-state index in [0.717, 1.165) is 0 Å². The number of hydrogen-bond donors (Lipinski definition) is 2. The first-order valence-electron chi connectivity index (χ1n) is 4.24. The highest BCUT2D eigenvalue weighted by Gasteiger charge is 2.12. The zero-order valence-electron chi connectivity index (χ0n) is 7.57. The van der Waals surface area contributed by atoms with Crippen molar-refractivity contribution >= 4 is 32.7 Å². The van der Waals surface area contributed by atoms with Crippen LogP contribution in [0.3, 0.4) is 0 Å². The van der Waals surface area contributed by atoms with Crippen molar-refractivity contribution in [1.29, 1.82) is 0 Å². The Morgan fingerprint density at radius 3 is 2.67 bits per heavy atom. The molecule has 0 bridgehead atoms. The fraction of sp³-hybridized carbons (Fsp3) is 0. The van der Waals surface area contributed by atoms with Gasteiger partial charge in [-0.15, -0.1) is 0 Å². The average Bonchev–Trinajstić information content (AvgIpc) is 2.16. The van der Waals surface area contributed by atoms with Crippen molar-refractivity contribution in [2.45, 2.75) is 0 Å². The van der Waals surface area contributed by atoms with E-state index in [4.69, 9.17) is 5.11 Å². The van der Waals surface area contributed by atoms with Crippen molar-refractivity contribution in [1.82, 2.24) is 0 Å². The van der Waals surface area contributed by atoms with Crippen LogP contribution >= 0.6 is 15.9 Å². The number of halogens is 1. The van der Waals surface area contributed by atoms with Crippen LogP contribution in [0.1, 0.15) is 10.4 Å². The molecule has 0 spiro atoms. The molecule has 0 aromatic heterocycles. The summed E-state index contributed by atoms with van der Waals surface area (Å²) in [5.41, 5.74) is 0.0949. The van der Waals surface area contributed by atoms with E-state index < -0.39 is 5.97 Å². The maximum Gasteiger partial charge on any atom is 0.336 e. The number of aromatic hydroxyl groups is 1. The molecule has 15 heavy (non-hydrogen) atoms. The van der Waals surface area contributed by atoms with E-state index in [1.54, 1.807) is 18.2 Å². The standard InChI is InChI=1S/C11H7BrO3/c12-9-3-1-2-6-4-7(13)5-8(10(6)9)11(14)15/h1-5,13H,(H,14,15). The zero-order valence-corrected chi connectivity index (χ0v) is 9.15. The second kappa shape index (κ2) is 3.55. The van der Waals surface area contributed by atoms with E-state index in [1.165, 1.54) is 12.1 Å². The molecule has 4 heteroatoms. The average molecular weight is 267 g/mol. The van der Waals surface area contributed by atoms with Crippen molar-refractivity contribution in [2.75, 3.05) is 0 Å². The Balaban J connectivity index is 2.94. The Morgan fingerprint density at radius 2 is 2.00 bits per heavy atom. The molecule has 2 N–H and O–H groups in total. The lowest BCUT2D eigenvalue weighted by molar-refractivity contribution is 0.0698. The highest BCUT2D eigenvalue weighted by molar-refractivity contribution is 9.10. The van der Waals surface area contributed by atoms with Gasteiger partial charge in [-0.1, -0.05) is 28.1 Å². The normalized spacial score (nSPS) is 10.5. The molecular formula is C11H7BrO3. The maximum absolute atomic E-state index is 11.0.